The highest BCUT2D eigenvalue weighted by molar-refractivity contribution is 7.91. The Morgan fingerprint density at radius 2 is 1.80 bits per heavy atom. The summed E-state index contributed by atoms with van der Waals surface area (Å²) >= 11 is 0. The van der Waals surface area contributed by atoms with Gasteiger partial charge in [0.15, 0.2) is 0 Å². The highest BCUT2D eigenvalue weighted by atomic mass is 35.5. The molecule has 0 fully saturated rings. The second-order valence-electron chi connectivity index (χ2n) is 5.82. The van der Waals surface area contributed by atoms with E-state index in [-0.39, 0.29) is 17.3 Å². The van der Waals surface area contributed by atoms with Gasteiger partial charge in [-0.25, -0.2) is 8.42 Å². The molecule has 0 unspecified atom stereocenters. The minimum absolute atomic E-state index is 0. The number of halogens is 3. The lowest BCUT2D eigenvalue weighted by Crippen LogP contribution is -2.29. The monoisotopic (exact) mass is 388 g/mol. The van der Waals surface area contributed by atoms with Crippen molar-refractivity contribution in [3.63, 3.8) is 0 Å². The zero-order valence-corrected chi connectivity index (χ0v) is 15.0. The molecule has 0 atom stereocenters. The summed E-state index contributed by atoms with van der Waals surface area (Å²) in [5.74, 6) is -3.40. The van der Waals surface area contributed by atoms with Crippen LogP contribution in [0.5, 0.6) is 0 Å². The molecule has 0 radical (unpaired) electrons. The maximum atomic E-state index is 12.6. The van der Waals surface area contributed by atoms with Gasteiger partial charge < -0.3 is 10.6 Å². The van der Waals surface area contributed by atoms with Gasteiger partial charge in [0.25, 0.3) is 0 Å². The summed E-state index contributed by atoms with van der Waals surface area (Å²) in [6.45, 7) is 1.44. The fourth-order valence-corrected chi connectivity index (χ4v) is 3.72. The third kappa shape index (κ3) is 3.88. The molecule has 0 saturated heterocycles. The van der Waals surface area contributed by atoms with Gasteiger partial charge in [0.2, 0.25) is 9.84 Å². The number of sulfone groups is 1. The van der Waals surface area contributed by atoms with Crippen molar-refractivity contribution >= 4 is 33.6 Å². The van der Waals surface area contributed by atoms with Crippen LogP contribution in [0.4, 0.5) is 20.2 Å². The number of rotatable bonds is 4. The zero-order valence-electron chi connectivity index (χ0n) is 13.4. The number of hydrogen-bond donors (Lipinski definition) is 1. The Bertz CT molecular complexity index is 842. The SMILES string of the molecule is Cl.Nc1cccc2c1CCCN2Cc1ccc(S(=O)(=O)C(F)F)cc1. The van der Waals surface area contributed by atoms with Gasteiger partial charge in [0.1, 0.15) is 0 Å². The summed E-state index contributed by atoms with van der Waals surface area (Å²) in [5.41, 5.74) is 9.86. The van der Waals surface area contributed by atoms with Crippen molar-refractivity contribution in [1.29, 1.82) is 0 Å². The maximum absolute atomic E-state index is 12.6. The zero-order chi connectivity index (χ0) is 17.3. The van der Waals surface area contributed by atoms with E-state index in [0.29, 0.717) is 6.54 Å². The average Bonchev–Trinajstić information content (AvgIpc) is 2.56. The van der Waals surface area contributed by atoms with Crippen molar-refractivity contribution in [2.45, 2.75) is 30.0 Å². The van der Waals surface area contributed by atoms with Crippen LogP contribution in [0.1, 0.15) is 17.5 Å². The second kappa shape index (κ2) is 7.58. The molecule has 2 aromatic rings. The number of nitrogens with two attached hydrogens (primary N) is 1. The molecule has 1 heterocycles. The van der Waals surface area contributed by atoms with Gasteiger partial charge in [-0.15, -0.1) is 12.4 Å². The molecule has 2 N–H and O–H groups in total. The largest absolute Gasteiger partial charge is 0.398 e. The molecule has 8 heteroatoms. The number of fused-ring (bicyclic) bond motifs is 1. The fraction of sp³-hybridized carbons (Fsp3) is 0.294. The Kier molecular flexibility index (Phi) is 5.90. The molecule has 0 bridgehead atoms. The van der Waals surface area contributed by atoms with E-state index in [0.717, 1.165) is 41.9 Å². The number of nitrogens with zero attached hydrogens (tertiary/aromatic N) is 1. The lowest BCUT2D eigenvalue weighted by Gasteiger charge is -2.32. The molecule has 0 aromatic heterocycles. The first-order valence-corrected chi connectivity index (χ1v) is 9.17. The summed E-state index contributed by atoms with van der Waals surface area (Å²) in [7, 11) is -4.54. The summed E-state index contributed by atoms with van der Waals surface area (Å²) in [5, 5.41) is 0. The van der Waals surface area contributed by atoms with Crippen LogP contribution in [0, 0.1) is 0 Å². The Morgan fingerprint density at radius 3 is 2.44 bits per heavy atom. The molecular formula is C17H19ClF2N2O2S. The Balaban J connectivity index is 0.00000225. The van der Waals surface area contributed by atoms with Gasteiger partial charge in [-0.3, -0.25) is 0 Å². The van der Waals surface area contributed by atoms with Crippen LogP contribution < -0.4 is 10.6 Å². The molecule has 2 aromatic carbocycles. The number of hydrogen-bond acceptors (Lipinski definition) is 4. The number of anilines is 2. The predicted octanol–water partition coefficient (Wildman–Crippen LogP) is 3.64. The Labute approximate surface area is 152 Å². The molecule has 1 aliphatic rings. The van der Waals surface area contributed by atoms with E-state index in [2.05, 4.69) is 4.90 Å². The van der Waals surface area contributed by atoms with E-state index in [1.54, 1.807) is 12.1 Å². The van der Waals surface area contributed by atoms with Crippen LogP contribution in [0.2, 0.25) is 0 Å². The molecule has 0 aliphatic carbocycles. The second-order valence-corrected chi connectivity index (χ2v) is 7.74. The van der Waals surface area contributed by atoms with Crippen LogP contribution in [0.15, 0.2) is 47.4 Å². The van der Waals surface area contributed by atoms with Gasteiger partial charge >= 0.3 is 5.76 Å². The molecule has 25 heavy (non-hydrogen) atoms. The van der Waals surface area contributed by atoms with Crippen molar-refractivity contribution < 1.29 is 17.2 Å². The molecule has 0 spiro atoms. The number of alkyl halides is 2. The molecule has 4 nitrogen and oxygen atoms in total. The topological polar surface area (TPSA) is 63.4 Å². The Morgan fingerprint density at radius 1 is 1.12 bits per heavy atom. The van der Waals surface area contributed by atoms with E-state index in [1.807, 2.05) is 18.2 Å². The van der Waals surface area contributed by atoms with E-state index < -0.39 is 15.6 Å². The van der Waals surface area contributed by atoms with Crippen LogP contribution >= 0.6 is 12.4 Å². The molecule has 3 rings (SSSR count). The lowest BCUT2D eigenvalue weighted by atomic mass is 9.99. The van der Waals surface area contributed by atoms with Crippen LogP contribution in [0.3, 0.4) is 0 Å². The standard InChI is InChI=1S/C17H18F2N2O2S.ClH/c18-17(19)24(22,23)13-8-6-12(7-9-13)11-21-10-2-3-14-15(20)4-1-5-16(14)21;/h1,4-9,17H,2-3,10-11,20H2;1H. The lowest BCUT2D eigenvalue weighted by molar-refractivity contribution is 0.234. The number of nitrogen functional groups attached to an aromatic ring is 1. The minimum atomic E-state index is -4.54. The quantitative estimate of drug-likeness (QED) is 0.812. The summed E-state index contributed by atoms with van der Waals surface area (Å²) in [4.78, 5) is 1.82. The van der Waals surface area contributed by atoms with Crippen molar-refractivity contribution in [3.8, 4) is 0 Å². The number of benzene rings is 2. The van der Waals surface area contributed by atoms with Crippen LogP contribution in [-0.4, -0.2) is 20.7 Å². The first-order chi connectivity index (χ1) is 11.4. The van der Waals surface area contributed by atoms with Gasteiger partial charge in [0.05, 0.1) is 4.90 Å². The van der Waals surface area contributed by atoms with E-state index in [9.17, 15) is 17.2 Å². The molecule has 1 aliphatic heterocycles. The Hall–Kier alpha value is -1.86. The molecule has 0 amide bonds. The van der Waals surface area contributed by atoms with E-state index >= 15 is 0 Å². The summed E-state index contributed by atoms with van der Waals surface area (Å²) in [6.07, 6.45) is 1.92. The van der Waals surface area contributed by atoms with Gasteiger partial charge in [0, 0.05) is 24.5 Å². The summed E-state index contributed by atoms with van der Waals surface area (Å²) < 4.78 is 48.1. The average molecular weight is 389 g/mol. The van der Waals surface area contributed by atoms with Crippen molar-refractivity contribution in [1.82, 2.24) is 0 Å². The van der Waals surface area contributed by atoms with Gasteiger partial charge in [-0.1, -0.05) is 18.2 Å². The minimum Gasteiger partial charge on any atom is -0.398 e. The van der Waals surface area contributed by atoms with Gasteiger partial charge in [-0.05, 0) is 48.2 Å². The normalized spacial score (nSPS) is 14.1. The third-order valence-electron chi connectivity index (χ3n) is 4.24. The van der Waals surface area contributed by atoms with E-state index in [1.165, 1.54) is 12.1 Å². The summed E-state index contributed by atoms with van der Waals surface area (Å²) in [6, 6.07) is 11.4. The molecular weight excluding hydrogens is 370 g/mol. The van der Waals surface area contributed by atoms with E-state index in [4.69, 9.17) is 5.73 Å². The molecule has 136 valence electrons. The van der Waals surface area contributed by atoms with Crippen molar-refractivity contribution in [3.05, 3.63) is 53.6 Å². The fourth-order valence-electron chi connectivity index (χ4n) is 3.00. The first-order valence-electron chi connectivity index (χ1n) is 7.63. The molecule has 0 saturated carbocycles. The first kappa shape index (κ1) is 19.5. The van der Waals surface area contributed by atoms with Gasteiger partial charge in [-0.2, -0.15) is 8.78 Å². The van der Waals surface area contributed by atoms with Crippen molar-refractivity contribution in [2.75, 3.05) is 17.2 Å². The smallest absolute Gasteiger partial charge is 0.341 e. The van der Waals surface area contributed by atoms with Crippen molar-refractivity contribution in [2.24, 2.45) is 0 Å². The van der Waals surface area contributed by atoms with Crippen LogP contribution in [-0.2, 0) is 22.8 Å². The highest BCUT2D eigenvalue weighted by Gasteiger charge is 2.26. The maximum Gasteiger partial charge on any atom is 0.341 e. The van der Waals surface area contributed by atoms with Crippen LogP contribution in [0.25, 0.3) is 0 Å². The third-order valence-corrected chi connectivity index (χ3v) is 5.64. The highest BCUT2D eigenvalue weighted by Crippen LogP contribution is 2.32. The predicted molar refractivity (Wildman–Crippen MR) is 97.1 cm³/mol.